The van der Waals surface area contributed by atoms with Crippen LogP contribution < -0.4 is 14.8 Å². The Hall–Kier alpha value is -3.65. The average molecular weight is 420 g/mol. The number of thiazole rings is 1. The number of hydrogen-bond acceptors (Lipinski definition) is 6. The highest BCUT2D eigenvalue weighted by atomic mass is 32.1. The van der Waals surface area contributed by atoms with Crippen LogP contribution in [0.25, 0.3) is 11.3 Å². The standard InChI is InChI=1S/C22H20N4O3S/c1-28-18-10-9-16(13-19(18)29-2)17-14-30-22(24-17)25-21(27)20(26-12-6-11-23-26)15-7-4-3-5-8-15/h3-14,20H,1-2H3,(H,24,25,27). The van der Waals surface area contributed by atoms with E-state index >= 15 is 0 Å². The van der Waals surface area contributed by atoms with Crippen LogP contribution in [0.2, 0.25) is 0 Å². The molecule has 0 radical (unpaired) electrons. The predicted octanol–water partition coefficient (Wildman–Crippen LogP) is 4.25. The van der Waals surface area contributed by atoms with Crippen LogP contribution >= 0.6 is 11.3 Å². The van der Waals surface area contributed by atoms with Crippen LogP contribution in [0.5, 0.6) is 11.5 Å². The number of aromatic nitrogens is 3. The summed E-state index contributed by atoms with van der Waals surface area (Å²) in [4.78, 5) is 17.7. The molecule has 0 saturated heterocycles. The number of carbonyl (C=O) groups is 1. The van der Waals surface area contributed by atoms with Gasteiger partial charge >= 0.3 is 0 Å². The van der Waals surface area contributed by atoms with Gasteiger partial charge in [0.15, 0.2) is 22.7 Å². The molecule has 0 fully saturated rings. The molecule has 4 aromatic rings. The fourth-order valence-electron chi connectivity index (χ4n) is 3.13. The minimum Gasteiger partial charge on any atom is -0.493 e. The van der Waals surface area contributed by atoms with Crippen LogP contribution in [0, 0.1) is 0 Å². The Morgan fingerprint density at radius 2 is 1.87 bits per heavy atom. The molecule has 1 amide bonds. The van der Waals surface area contributed by atoms with Gasteiger partial charge in [-0.3, -0.25) is 14.8 Å². The van der Waals surface area contributed by atoms with Crippen LogP contribution in [-0.2, 0) is 4.79 Å². The smallest absolute Gasteiger partial charge is 0.255 e. The highest BCUT2D eigenvalue weighted by Crippen LogP contribution is 2.33. The van der Waals surface area contributed by atoms with Gasteiger partial charge in [-0.25, -0.2) is 4.98 Å². The Morgan fingerprint density at radius 1 is 1.07 bits per heavy atom. The van der Waals surface area contributed by atoms with Crippen molar-refractivity contribution in [3.63, 3.8) is 0 Å². The molecular weight excluding hydrogens is 400 g/mol. The number of nitrogens with zero attached hydrogens (tertiary/aromatic N) is 3. The summed E-state index contributed by atoms with van der Waals surface area (Å²) in [6, 6.07) is 16.3. The van der Waals surface area contributed by atoms with E-state index in [1.807, 2.05) is 53.9 Å². The molecule has 0 aliphatic rings. The maximum absolute atomic E-state index is 13.1. The topological polar surface area (TPSA) is 78.3 Å². The van der Waals surface area contributed by atoms with E-state index in [0.29, 0.717) is 16.6 Å². The van der Waals surface area contributed by atoms with Gasteiger partial charge < -0.3 is 9.47 Å². The number of rotatable bonds is 7. The quantitative estimate of drug-likeness (QED) is 0.484. The Labute approximate surface area is 177 Å². The van der Waals surface area contributed by atoms with Crippen molar-refractivity contribution in [2.45, 2.75) is 6.04 Å². The Bertz CT molecular complexity index is 1130. The van der Waals surface area contributed by atoms with Crippen LogP contribution in [0.15, 0.2) is 72.4 Å². The van der Waals surface area contributed by atoms with Crippen molar-refractivity contribution in [1.82, 2.24) is 14.8 Å². The third-order valence-corrected chi connectivity index (χ3v) is 5.32. The molecule has 8 heteroatoms. The monoisotopic (exact) mass is 420 g/mol. The summed E-state index contributed by atoms with van der Waals surface area (Å²) in [7, 11) is 3.18. The van der Waals surface area contributed by atoms with E-state index in [4.69, 9.17) is 9.47 Å². The van der Waals surface area contributed by atoms with Crippen molar-refractivity contribution in [2.75, 3.05) is 19.5 Å². The average Bonchev–Trinajstić information content (AvgIpc) is 3.47. The van der Waals surface area contributed by atoms with E-state index < -0.39 is 6.04 Å². The summed E-state index contributed by atoms with van der Waals surface area (Å²) in [5, 5.41) is 9.58. The molecule has 0 saturated carbocycles. The number of anilines is 1. The summed E-state index contributed by atoms with van der Waals surface area (Å²) in [5.74, 6) is 1.06. The maximum atomic E-state index is 13.1. The van der Waals surface area contributed by atoms with Crippen molar-refractivity contribution in [3.8, 4) is 22.8 Å². The summed E-state index contributed by atoms with van der Waals surface area (Å²) >= 11 is 1.36. The fourth-order valence-corrected chi connectivity index (χ4v) is 3.85. The molecule has 0 spiro atoms. The molecule has 2 heterocycles. The number of ether oxygens (including phenoxy) is 2. The van der Waals surface area contributed by atoms with Crippen molar-refractivity contribution in [2.24, 2.45) is 0 Å². The molecule has 30 heavy (non-hydrogen) atoms. The minimum atomic E-state index is -0.588. The van der Waals surface area contributed by atoms with Crippen LogP contribution in [0.1, 0.15) is 11.6 Å². The molecule has 7 nitrogen and oxygen atoms in total. The molecule has 1 unspecified atom stereocenters. The maximum Gasteiger partial charge on any atom is 0.255 e. The Balaban J connectivity index is 1.57. The summed E-state index contributed by atoms with van der Waals surface area (Å²) in [6.45, 7) is 0. The SMILES string of the molecule is COc1ccc(-c2csc(NC(=O)C(c3ccccc3)n3cccn3)n2)cc1OC. The van der Waals surface area contributed by atoms with Crippen molar-refractivity contribution < 1.29 is 14.3 Å². The van der Waals surface area contributed by atoms with Gasteiger partial charge in [0.05, 0.1) is 19.9 Å². The van der Waals surface area contributed by atoms with Crippen LogP contribution in [-0.4, -0.2) is 34.9 Å². The van der Waals surface area contributed by atoms with Crippen molar-refractivity contribution in [1.29, 1.82) is 0 Å². The van der Waals surface area contributed by atoms with Crippen molar-refractivity contribution >= 4 is 22.4 Å². The molecule has 0 aliphatic carbocycles. The van der Waals surface area contributed by atoms with Crippen molar-refractivity contribution in [3.05, 3.63) is 77.9 Å². The minimum absolute atomic E-state index is 0.210. The summed E-state index contributed by atoms with van der Waals surface area (Å²) < 4.78 is 12.3. The van der Waals surface area contributed by atoms with E-state index in [1.165, 1.54) is 11.3 Å². The molecule has 0 aliphatic heterocycles. The van der Waals surface area contributed by atoms with E-state index in [-0.39, 0.29) is 5.91 Å². The number of methoxy groups -OCH3 is 2. The van der Waals surface area contributed by atoms with Gasteiger partial charge in [0.25, 0.3) is 5.91 Å². The van der Waals surface area contributed by atoms with Gasteiger partial charge in [0, 0.05) is 23.3 Å². The van der Waals surface area contributed by atoms with Gasteiger partial charge in [-0.15, -0.1) is 11.3 Å². The van der Waals surface area contributed by atoms with Crippen LogP contribution in [0.3, 0.4) is 0 Å². The third-order valence-electron chi connectivity index (χ3n) is 4.57. The highest BCUT2D eigenvalue weighted by molar-refractivity contribution is 7.14. The molecule has 1 atom stereocenters. The lowest BCUT2D eigenvalue weighted by Crippen LogP contribution is -2.27. The number of carbonyl (C=O) groups excluding carboxylic acids is 1. The van der Waals surface area contributed by atoms with Gasteiger partial charge in [-0.05, 0) is 29.8 Å². The predicted molar refractivity (Wildman–Crippen MR) is 116 cm³/mol. The Morgan fingerprint density at radius 3 is 2.57 bits per heavy atom. The zero-order valence-electron chi connectivity index (χ0n) is 16.5. The number of hydrogen-bond donors (Lipinski definition) is 1. The zero-order chi connectivity index (χ0) is 20.9. The number of amides is 1. The molecule has 152 valence electrons. The molecule has 2 aromatic carbocycles. The lowest BCUT2D eigenvalue weighted by Gasteiger charge is -2.17. The summed E-state index contributed by atoms with van der Waals surface area (Å²) in [5.41, 5.74) is 2.46. The van der Waals surface area contributed by atoms with Gasteiger partial charge in [-0.2, -0.15) is 5.10 Å². The fraction of sp³-hybridized carbons (Fsp3) is 0.136. The zero-order valence-corrected chi connectivity index (χ0v) is 17.3. The van der Waals surface area contributed by atoms with Gasteiger partial charge in [0.1, 0.15) is 0 Å². The third kappa shape index (κ3) is 4.04. The Kier molecular flexibility index (Phi) is 5.76. The van der Waals surface area contributed by atoms with E-state index in [2.05, 4.69) is 15.4 Å². The molecular formula is C22H20N4O3S. The first-order valence-corrected chi connectivity index (χ1v) is 10.1. The molecule has 0 bridgehead atoms. The molecule has 2 aromatic heterocycles. The lowest BCUT2D eigenvalue weighted by molar-refractivity contribution is -0.118. The van der Waals surface area contributed by atoms with E-state index in [9.17, 15) is 4.79 Å². The summed E-state index contributed by atoms with van der Waals surface area (Å²) in [6.07, 6.45) is 3.43. The second kappa shape index (κ2) is 8.79. The van der Waals surface area contributed by atoms with Crippen LogP contribution in [0.4, 0.5) is 5.13 Å². The molecule has 1 N–H and O–H groups in total. The van der Waals surface area contributed by atoms with Gasteiger partial charge in [0.2, 0.25) is 0 Å². The second-order valence-electron chi connectivity index (χ2n) is 6.40. The number of benzene rings is 2. The largest absolute Gasteiger partial charge is 0.493 e. The number of nitrogens with one attached hydrogen (secondary N) is 1. The first-order chi connectivity index (χ1) is 14.7. The molecule has 4 rings (SSSR count). The normalized spacial score (nSPS) is 11.7. The second-order valence-corrected chi connectivity index (χ2v) is 7.25. The first kappa shape index (κ1) is 19.7. The highest BCUT2D eigenvalue weighted by Gasteiger charge is 2.24. The van der Waals surface area contributed by atoms with E-state index in [1.54, 1.807) is 37.4 Å². The first-order valence-electron chi connectivity index (χ1n) is 9.22. The lowest BCUT2D eigenvalue weighted by atomic mass is 10.1. The van der Waals surface area contributed by atoms with E-state index in [0.717, 1.165) is 16.8 Å². The van der Waals surface area contributed by atoms with Gasteiger partial charge in [-0.1, -0.05) is 30.3 Å².